The fourth-order valence-electron chi connectivity index (χ4n) is 1.45. The fraction of sp³-hybridized carbons (Fsp3) is 0.417. The fourth-order valence-corrected chi connectivity index (χ4v) is 1.45. The van der Waals surface area contributed by atoms with Gasteiger partial charge in [0.05, 0.1) is 5.56 Å². The molecule has 76 valence electrons. The molecule has 1 N–H and O–H groups in total. The van der Waals surface area contributed by atoms with Crippen LogP contribution in [0.2, 0.25) is 0 Å². The minimum absolute atomic E-state index is 0.0138. The van der Waals surface area contributed by atoms with Gasteiger partial charge in [0.15, 0.2) is 5.78 Å². The van der Waals surface area contributed by atoms with E-state index in [0.717, 1.165) is 12.0 Å². The molecule has 0 saturated carbocycles. The van der Waals surface area contributed by atoms with E-state index >= 15 is 0 Å². The predicted molar refractivity (Wildman–Crippen MR) is 56.7 cm³/mol. The van der Waals surface area contributed by atoms with Gasteiger partial charge in [0.25, 0.3) is 0 Å². The minimum atomic E-state index is -0.0754. The topological polar surface area (TPSA) is 37.3 Å². The van der Waals surface area contributed by atoms with Crippen molar-refractivity contribution in [2.45, 2.75) is 27.2 Å². The Balaban J connectivity index is 3.23. The summed E-state index contributed by atoms with van der Waals surface area (Å²) in [5.74, 6) is 0.0385. The van der Waals surface area contributed by atoms with Gasteiger partial charge in [-0.15, -0.1) is 0 Å². The van der Waals surface area contributed by atoms with Crippen LogP contribution in [0.15, 0.2) is 18.2 Å². The molecule has 0 saturated heterocycles. The smallest absolute Gasteiger partial charge is 0.169 e. The van der Waals surface area contributed by atoms with Crippen molar-refractivity contribution in [3.8, 4) is 5.75 Å². The molecule has 0 bridgehead atoms. The van der Waals surface area contributed by atoms with Gasteiger partial charge in [-0.3, -0.25) is 4.79 Å². The summed E-state index contributed by atoms with van der Waals surface area (Å²) in [5, 5.41) is 9.62. The number of carbonyl (C=O) groups is 1. The number of phenolic OH excluding ortho intramolecular Hbond substituents is 1. The summed E-state index contributed by atoms with van der Waals surface area (Å²) in [7, 11) is 0. The molecule has 0 radical (unpaired) electrons. The Hall–Kier alpha value is -1.31. The van der Waals surface area contributed by atoms with Gasteiger partial charge >= 0.3 is 0 Å². The molecule has 14 heavy (non-hydrogen) atoms. The highest BCUT2D eigenvalue weighted by Crippen LogP contribution is 2.24. The summed E-state index contributed by atoms with van der Waals surface area (Å²) in [6.45, 7) is 5.66. The van der Waals surface area contributed by atoms with E-state index in [1.54, 1.807) is 12.1 Å². The molecule has 1 aromatic rings. The van der Waals surface area contributed by atoms with Gasteiger partial charge in [0, 0.05) is 5.92 Å². The van der Waals surface area contributed by atoms with Crippen LogP contribution in [-0.4, -0.2) is 10.9 Å². The van der Waals surface area contributed by atoms with Crippen molar-refractivity contribution in [2.24, 2.45) is 5.92 Å². The third-order valence-corrected chi connectivity index (χ3v) is 2.28. The summed E-state index contributed by atoms with van der Waals surface area (Å²) in [6, 6.07) is 5.22. The van der Waals surface area contributed by atoms with Crippen LogP contribution >= 0.6 is 0 Å². The highest BCUT2D eigenvalue weighted by molar-refractivity contribution is 6.01. The second-order valence-corrected chi connectivity index (χ2v) is 3.68. The molecule has 0 fully saturated rings. The van der Waals surface area contributed by atoms with Crippen LogP contribution in [0, 0.1) is 5.92 Å². The Kier molecular flexibility index (Phi) is 3.28. The Labute approximate surface area is 84.6 Å². The zero-order valence-electron chi connectivity index (χ0n) is 8.87. The van der Waals surface area contributed by atoms with E-state index in [1.165, 1.54) is 0 Å². The van der Waals surface area contributed by atoms with Crippen LogP contribution in [-0.2, 0) is 6.42 Å². The first-order chi connectivity index (χ1) is 6.57. The number of phenols is 1. The standard InChI is InChI=1S/C12H16O2/c1-4-9-6-5-7-10(13)11(9)12(14)8(2)3/h5-8,13H,4H2,1-3H3. The van der Waals surface area contributed by atoms with E-state index in [1.807, 2.05) is 26.8 Å². The molecular weight excluding hydrogens is 176 g/mol. The lowest BCUT2D eigenvalue weighted by Crippen LogP contribution is -2.10. The number of carbonyl (C=O) groups excluding carboxylic acids is 1. The van der Waals surface area contributed by atoms with E-state index in [0.29, 0.717) is 5.56 Å². The first-order valence-corrected chi connectivity index (χ1v) is 4.93. The normalized spacial score (nSPS) is 10.6. The van der Waals surface area contributed by atoms with E-state index in [4.69, 9.17) is 0 Å². The van der Waals surface area contributed by atoms with Gasteiger partial charge in [-0.25, -0.2) is 0 Å². The zero-order valence-corrected chi connectivity index (χ0v) is 8.87. The lowest BCUT2D eigenvalue weighted by atomic mass is 9.94. The van der Waals surface area contributed by atoms with Gasteiger partial charge in [0.2, 0.25) is 0 Å². The predicted octanol–water partition coefficient (Wildman–Crippen LogP) is 2.79. The quantitative estimate of drug-likeness (QED) is 0.748. The summed E-state index contributed by atoms with van der Waals surface area (Å²) in [4.78, 5) is 11.8. The Bertz CT molecular complexity index is 340. The van der Waals surface area contributed by atoms with Crippen molar-refractivity contribution >= 4 is 5.78 Å². The summed E-state index contributed by atoms with van der Waals surface area (Å²) < 4.78 is 0. The molecule has 0 aromatic heterocycles. The number of hydrogen-bond donors (Lipinski definition) is 1. The van der Waals surface area contributed by atoms with Crippen LogP contribution in [0.25, 0.3) is 0 Å². The summed E-state index contributed by atoms with van der Waals surface area (Å²) in [5.41, 5.74) is 1.41. The molecular formula is C12H16O2. The van der Waals surface area contributed by atoms with E-state index in [2.05, 4.69) is 0 Å². The summed E-state index contributed by atoms with van der Waals surface area (Å²) in [6.07, 6.45) is 0.766. The van der Waals surface area contributed by atoms with Crippen molar-refractivity contribution in [1.29, 1.82) is 0 Å². The maximum Gasteiger partial charge on any atom is 0.169 e. The SMILES string of the molecule is CCc1cccc(O)c1C(=O)C(C)C. The lowest BCUT2D eigenvalue weighted by Gasteiger charge is -2.10. The molecule has 0 aliphatic rings. The van der Waals surface area contributed by atoms with Gasteiger partial charge in [-0.1, -0.05) is 32.9 Å². The van der Waals surface area contributed by atoms with Crippen molar-refractivity contribution in [3.63, 3.8) is 0 Å². The second-order valence-electron chi connectivity index (χ2n) is 3.68. The van der Waals surface area contributed by atoms with Gasteiger partial charge < -0.3 is 5.11 Å². The maximum atomic E-state index is 11.8. The molecule has 2 nitrogen and oxygen atoms in total. The van der Waals surface area contributed by atoms with Crippen molar-refractivity contribution in [1.82, 2.24) is 0 Å². The van der Waals surface area contributed by atoms with E-state index in [-0.39, 0.29) is 17.5 Å². The number of rotatable bonds is 3. The van der Waals surface area contributed by atoms with Crippen LogP contribution in [0.3, 0.4) is 0 Å². The van der Waals surface area contributed by atoms with Gasteiger partial charge in [0.1, 0.15) is 5.75 Å². The molecule has 1 rings (SSSR count). The highest BCUT2D eigenvalue weighted by Gasteiger charge is 2.17. The number of aryl methyl sites for hydroxylation is 1. The van der Waals surface area contributed by atoms with Crippen LogP contribution in [0.1, 0.15) is 36.7 Å². The first-order valence-electron chi connectivity index (χ1n) is 4.93. The molecule has 0 amide bonds. The van der Waals surface area contributed by atoms with Crippen molar-refractivity contribution in [3.05, 3.63) is 29.3 Å². The molecule has 0 aliphatic carbocycles. The molecule has 0 unspecified atom stereocenters. The maximum absolute atomic E-state index is 11.8. The Morgan fingerprint density at radius 1 is 1.43 bits per heavy atom. The lowest BCUT2D eigenvalue weighted by molar-refractivity contribution is 0.0935. The Morgan fingerprint density at radius 3 is 2.57 bits per heavy atom. The average molecular weight is 192 g/mol. The number of aromatic hydroxyl groups is 1. The molecule has 0 atom stereocenters. The molecule has 0 heterocycles. The minimum Gasteiger partial charge on any atom is -0.507 e. The van der Waals surface area contributed by atoms with Crippen LogP contribution < -0.4 is 0 Å². The van der Waals surface area contributed by atoms with Gasteiger partial charge in [-0.2, -0.15) is 0 Å². The molecule has 2 heteroatoms. The largest absolute Gasteiger partial charge is 0.507 e. The van der Waals surface area contributed by atoms with Crippen LogP contribution in [0.5, 0.6) is 5.75 Å². The number of Topliss-reactive ketones (excluding diaryl/α,β-unsaturated/α-hetero) is 1. The van der Waals surface area contributed by atoms with E-state index in [9.17, 15) is 9.90 Å². The zero-order chi connectivity index (χ0) is 10.7. The second kappa shape index (κ2) is 4.27. The number of benzene rings is 1. The molecule has 0 spiro atoms. The average Bonchev–Trinajstić information content (AvgIpc) is 2.16. The van der Waals surface area contributed by atoms with Crippen molar-refractivity contribution < 1.29 is 9.90 Å². The van der Waals surface area contributed by atoms with Crippen molar-refractivity contribution in [2.75, 3.05) is 0 Å². The van der Waals surface area contributed by atoms with Crippen LogP contribution in [0.4, 0.5) is 0 Å². The van der Waals surface area contributed by atoms with Gasteiger partial charge in [-0.05, 0) is 18.1 Å². The number of hydrogen-bond acceptors (Lipinski definition) is 2. The summed E-state index contributed by atoms with van der Waals surface area (Å²) >= 11 is 0. The third kappa shape index (κ3) is 1.95. The molecule has 1 aromatic carbocycles. The number of ketones is 1. The first kappa shape index (κ1) is 10.8. The monoisotopic (exact) mass is 192 g/mol. The third-order valence-electron chi connectivity index (χ3n) is 2.28. The Morgan fingerprint density at radius 2 is 2.07 bits per heavy atom. The van der Waals surface area contributed by atoms with E-state index < -0.39 is 0 Å². The molecule has 0 aliphatic heterocycles. The highest BCUT2D eigenvalue weighted by atomic mass is 16.3.